The summed E-state index contributed by atoms with van der Waals surface area (Å²) in [5.41, 5.74) is 0. The summed E-state index contributed by atoms with van der Waals surface area (Å²) >= 11 is 0. The molecule has 1 aliphatic rings. The number of anilines is 1. The molecule has 2 unspecified atom stereocenters. The second-order valence-electron chi connectivity index (χ2n) is 4.00. The molecular weight excluding hydrogens is 195 g/mol. The molecule has 0 saturated carbocycles. The van der Waals surface area contributed by atoms with Gasteiger partial charge in [0.1, 0.15) is 12.0 Å². The molecule has 2 atom stereocenters. The van der Waals surface area contributed by atoms with E-state index in [9.17, 15) is 4.39 Å². The molecular formula is C10H15FN4. The van der Waals surface area contributed by atoms with E-state index >= 15 is 0 Å². The Morgan fingerprint density at radius 1 is 1.53 bits per heavy atom. The largest absolute Gasteiger partial charge is 0.364 e. The van der Waals surface area contributed by atoms with Gasteiger partial charge in [0.15, 0.2) is 0 Å². The third kappa shape index (κ3) is 2.86. The van der Waals surface area contributed by atoms with E-state index in [1.54, 1.807) is 6.20 Å². The fourth-order valence-electron chi connectivity index (χ4n) is 1.94. The smallest absolute Gasteiger partial charge is 0.148 e. The molecule has 5 heteroatoms. The van der Waals surface area contributed by atoms with Gasteiger partial charge in [-0.3, -0.25) is 0 Å². The maximum atomic E-state index is 13.3. The van der Waals surface area contributed by atoms with Crippen molar-refractivity contribution < 1.29 is 4.39 Å². The molecule has 0 aromatic carbocycles. The van der Waals surface area contributed by atoms with Gasteiger partial charge >= 0.3 is 0 Å². The van der Waals surface area contributed by atoms with Gasteiger partial charge in [-0.2, -0.15) is 5.10 Å². The topological polar surface area (TPSA) is 41.0 Å². The van der Waals surface area contributed by atoms with Crippen molar-refractivity contribution in [2.45, 2.75) is 18.6 Å². The molecule has 0 radical (unpaired) electrons. The van der Waals surface area contributed by atoms with Gasteiger partial charge in [0.25, 0.3) is 0 Å². The summed E-state index contributed by atoms with van der Waals surface area (Å²) in [6, 6.07) is 3.78. The van der Waals surface area contributed by atoms with Crippen LogP contribution in [0.25, 0.3) is 0 Å². The number of aromatic nitrogens is 2. The van der Waals surface area contributed by atoms with Crippen molar-refractivity contribution in [3.63, 3.8) is 0 Å². The molecule has 1 fully saturated rings. The number of alkyl halides is 1. The molecule has 1 saturated heterocycles. The SMILES string of the molecule is CN1CC(F)CC(Nc2cccnn2)C1. The highest BCUT2D eigenvalue weighted by Gasteiger charge is 2.24. The van der Waals surface area contributed by atoms with Crippen molar-refractivity contribution >= 4 is 5.82 Å². The van der Waals surface area contributed by atoms with Crippen molar-refractivity contribution in [1.29, 1.82) is 0 Å². The lowest BCUT2D eigenvalue weighted by Gasteiger charge is -2.32. The summed E-state index contributed by atoms with van der Waals surface area (Å²) in [5, 5.41) is 10.9. The molecule has 0 amide bonds. The number of nitrogens with one attached hydrogen (secondary N) is 1. The van der Waals surface area contributed by atoms with Crippen molar-refractivity contribution in [1.82, 2.24) is 15.1 Å². The number of hydrogen-bond donors (Lipinski definition) is 1. The minimum absolute atomic E-state index is 0.121. The second-order valence-corrected chi connectivity index (χ2v) is 4.00. The molecule has 2 heterocycles. The first-order valence-electron chi connectivity index (χ1n) is 5.11. The summed E-state index contributed by atoms with van der Waals surface area (Å²) in [6.07, 6.45) is 1.41. The van der Waals surface area contributed by atoms with Crippen molar-refractivity contribution in [3.05, 3.63) is 18.3 Å². The molecule has 15 heavy (non-hydrogen) atoms. The minimum atomic E-state index is -0.752. The van der Waals surface area contributed by atoms with Crippen LogP contribution in [0.1, 0.15) is 6.42 Å². The van der Waals surface area contributed by atoms with E-state index in [0.717, 1.165) is 6.54 Å². The van der Waals surface area contributed by atoms with E-state index in [1.165, 1.54) is 0 Å². The first-order chi connectivity index (χ1) is 7.24. The summed E-state index contributed by atoms with van der Waals surface area (Å²) in [4.78, 5) is 1.99. The van der Waals surface area contributed by atoms with Crippen LogP contribution in [-0.4, -0.2) is 47.4 Å². The molecule has 4 nitrogen and oxygen atoms in total. The summed E-state index contributed by atoms with van der Waals surface area (Å²) < 4.78 is 13.3. The van der Waals surface area contributed by atoms with Crippen LogP contribution in [0.3, 0.4) is 0 Å². The van der Waals surface area contributed by atoms with Crippen LogP contribution >= 0.6 is 0 Å². The average Bonchev–Trinajstić information content (AvgIpc) is 2.17. The van der Waals surface area contributed by atoms with Gasteiger partial charge in [0, 0.05) is 31.7 Å². The average molecular weight is 210 g/mol. The number of likely N-dealkylation sites (N-methyl/N-ethyl adjacent to an activating group) is 1. The van der Waals surface area contributed by atoms with Crippen molar-refractivity contribution in [2.24, 2.45) is 0 Å². The van der Waals surface area contributed by atoms with Crippen molar-refractivity contribution in [2.75, 3.05) is 25.5 Å². The number of nitrogens with zero attached hydrogens (tertiary/aromatic N) is 3. The Bertz CT molecular complexity index is 296. The second kappa shape index (κ2) is 4.53. The van der Waals surface area contributed by atoms with E-state index in [2.05, 4.69) is 15.5 Å². The number of hydrogen-bond acceptors (Lipinski definition) is 4. The summed E-state index contributed by atoms with van der Waals surface area (Å²) in [7, 11) is 1.93. The van der Waals surface area contributed by atoms with Gasteiger partial charge in [-0.1, -0.05) is 0 Å². The zero-order valence-electron chi connectivity index (χ0n) is 8.73. The van der Waals surface area contributed by atoms with Crippen LogP contribution in [0.5, 0.6) is 0 Å². The van der Waals surface area contributed by atoms with Gasteiger partial charge in [0.2, 0.25) is 0 Å². The fourth-order valence-corrected chi connectivity index (χ4v) is 1.94. The number of rotatable bonds is 2. The monoisotopic (exact) mass is 210 g/mol. The van der Waals surface area contributed by atoms with Gasteiger partial charge in [-0.05, 0) is 19.2 Å². The molecule has 0 aliphatic carbocycles. The fraction of sp³-hybridized carbons (Fsp3) is 0.600. The van der Waals surface area contributed by atoms with Gasteiger partial charge in [-0.15, -0.1) is 5.10 Å². The Morgan fingerprint density at radius 3 is 3.07 bits per heavy atom. The molecule has 1 aromatic heterocycles. The van der Waals surface area contributed by atoms with E-state index in [1.807, 2.05) is 24.1 Å². The normalized spacial score (nSPS) is 27.6. The Balaban J connectivity index is 1.94. The van der Waals surface area contributed by atoms with Crippen LogP contribution in [0, 0.1) is 0 Å². The Morgan fingerprint density at radius 2 is 2.40 bits per heavy atom. The van der Waals surface area contributed by atoms with Gasteiger partial charge in [0.05, 0.1) is 0 Å². The van der Waals surface area contributed by atoms with Crippen LogP contribution in [0.4, 0.5) is 10.2 Å². The molecule has 2 rings (SSSR count). The molecule has 82 valence electrons. The molecule has 1 aromatic rings. The lowest BCUT2D eigenvalue weighted by atomic mass is 10.1. The predicted octanol–water partition coefficient (Wildman–Crippen LogP) is 0.931. The third-order valence-electron chi connectivity index (χ3n) is 2.51. The molecule has 1 N–H and O–H groups in total. The Labute approximate surface area is 88.5 Å². The van der Waals surface area contributed by atoms with E-state index in [-0.39, 0.29) is 6.04 Å². The van der Waals surface area contributed by atoms with Crippen LogP contribution in [0.15, 0.2) is 18.3 Å². The summed E-state index contributed by atoms with van der Waals surface area (Å²) in [6.45, 7) is 1.37. The third-order valence-corrected chi connectivity index (χ3v) is 2.51. The zero-order chi connectivity index (χ0) is 10.7. The Kier molecular flexibility index (Phi) is 3.11. The van der Waals surface area contributed by atoms with Gasteiger partial charge < -0.3 is 10.2 Å². The lowest BCUT2D eigenvalue weighted by Crippen LogP contribution is -2.45. The quantitative estimate of drug-likeness (QED) is 0.788. The minimum Gasteiger partial charge on any atom is -0.364 e. The van der Waals surface area contributed by atoms with E-state index < -0.39 is 6.17 Å². The maximum absolute atomic E-state index is 13.3. The summed E-state index contributed by atoms with van der Waals surface area (Å²) in [5.74, 6) is 0.713. The van der Waals surface area contributed by atoms with Crippen molar-refractivity contribution in [3.8, 4) is 0 Å². The Hall–Kier alpha value is -1.23. The number of likely N-dealkylation sites (tertiary alicyclic amines) is 1. The number of halogens is 1. The molecule has 1 aliphatic heterocycles. The highest BCUT2D eigenvalue weighted by molar-refractivity contribution is 5.33. The zero-order valence-corrected chi connectivity index (χ0v) is 8.73. The van der Waals surface area contributed by atoms with Crippen LogP contribution in [-0.2, 0) is 0 Å². The van der Waals surface area contributed by atoms with Crippen LogP contribution in [0.2, 0.25) is 0 Å². The van der Waals surface area contributed by atoms with E-state index in [4.69, 9.17) is 0 Å². The highest BCUT2D eigenvalue weighted by atomic mass is 19.1. The molecule has 0 bridgehead atoms. The standard InChI is InChI=1S/C10H15FN4/c1-15-6-8(11)5-9(7-15)13-10-3-2-4-12-14-10/h2-4,8-9H,5-7H2,1H3,(H,13,14). The van der Waals surface area contributed by atoms with E-state index in [0.29, 0.717) is 18.8 Å². The van der Waals surface area contributed by atoms with Gasteiger partial charge in [-0.25, -0.2) is 4.39 Å². The first-order valence-corrected chi connectivity index (χ1v) is 5.11. The molecule has 0 spiro atoms. The number of piperidine rings is 1. The van der Waals surface area contributed by atoms with Crippen LogP contribution < -0.4 is 5.32 Å². The maximum Gasteiger partial charge on any atom is 0.148 e. The first kappa shape index (κ1) is 10.3. The lowest BCUT2D eigenvalue weighted by molar-refractivity contribution is 0.153. The predicted molar refractivity (Wildman–Crippen MR) is 56.5 cm³/mol. The highest BCUT2D eigenvalue weighted by Crippen LogP contribution is 2.15.